The van der Waals surface area contributed by atoms with Gasteiger partial charge in [0.15, 0.2) is 0 Å². The summed E-state index contributed by atoms with van der Waals surface area (Å²) in [6.45, 7) is 8.39. The molecule has 0 fully saturated rings. The van der Waals surface area contributed by atoms with Crippen molar-refractivity contribution >= 4 is 17.3 Å². The van der Waals surface area contributed by atoms with Crippen molar-refractivity contribution in [2.75, 3.05) is 17.2 Å². The third kappa shape index (κ3) is 5.30. The Hall–Kier alpha value is -2.49. The fraction of sp³-hybridized carbons (Fsp3) is 0.350. The molecule has 4 heteroatoms. The zero-order valence-electron chi connectivity index (χ0n) is 14.8. The first-order chi connectivity index (χ1) is 11.5. The second-order valence-electron chi connectivity index (χ2n) is 6.08. The van der Waals surface area contributed by atoms with E-state index in [0.717, 1.165) is 29.1 Å². The monoisotopic (exact) mass is 326 g/mol. The molecular formula is C20H26N2O2. The molecule has 0 spiro atoms. The van der Waals surface area contributed by atoms with E-state index in [9.17, 15) is 4.79 Å². The fourth-order valence-corrected chi connectivity index (χ4v) is 2.30. The standard InChI is InChI=1S/C20H26N2O2/c1-5-16(4)24-18-9-7-17(8-10-18)21-13-20(23)22-19-11-6-14(2)12-15(19)3/h6-12,16,21H,5,13H2,1-4H3,(H,22,23). The highest BCUT2D eigenvalue weighted by Gasteiger charge is 2.05. The van der Waals surface area contributed by atoms with Crippen LogP contribution in [0.1, 0.15) is 31.4 Å². The third-order valence-corrected chi connectivity index (χ3v) is 3.88. The smallest absolute Gasteiger partial charge is 0.243 e. The largest absolute Gasteiger partial charge is 0.491 e. The maximum absolute atomic E-state index is 12.1. The molecule has 2 rings (SSSR count). The molecule has 128 valence electrons. The summed E-state index contributed by atoms with van der Waals surface area (Å²) in [7, 11) is 0. The predicted molar refractivity (Wildman–Crippen MR) is 99.9 cm³/mol. The SMILES string of the molecule is CCC(C)Oc1ccc(NCC(=O)Nc2ccc(C)cc2C)cc1. The number of hydrogen-bond acceptors (Lipinski definition) is 3. The highest BCUT2D eigenvalue weighted by molar-refractivity contribution is 5.94. The highest BCUT2D eigenvalue weighted by atomic mass is 16.5. The lowest BCUT2D eigenvalue weighted by molar-refractivity contribution is -0.114. The molecule has 2 N–H and O–H groups in total. The van der Waals surface area contributed by atoms with Gasteiger partial charge in [0.25, 0.3) is 0 Å². The van der Waals surface area contributed by atoms with Gasteiger partial charge in [-0.05, 0) is 63.1 Å². The van der Waals surface area contributed by atoms with Crippen LogP contribution in [0.3, 0.4) is 0 Å². The van der Waals surface area contributed by atoms with Gasteiger partial charge in [0.2, 0.25) is 5.91 Å². The molecule has 1 amide bonds. The van der Waals surface area contributed by atoms with E-state index in [1.165, 1.54) is 5.56 Å². The van der Waals surface area contributed by atoms with E-state index in [0.29, 0.717) is 0 Å². The van der Waals surface area contributed by atoms with E-state index in [1.807, 2.05) is 57.2 Å². The lowest BCUT2D eigenvalue weighted by atomic mass is 10.1. The molecule has 1 unspecified atom stereocenters. The maximum atomic E-state index is 12.1. The minimum absolute atomic E-state index is 0.0677. The lowest BCUT2D eigenvalue weighted by Crippen LogP contribution is -2.22. The average Bonchev–Trinajstić information content (AvgIpc) is 2.56. The van der Waals surface area contributed by atoms with Gasteiger partial charge in [-0.1, -0.05) is 24.6 Å². The van der Waals surface area contributed by atoms with Crippen LogP contribution in [0.4, 0.5) is 11.4 Å². The van der Waals surface area contributed by atoms with Gasteiger partial charge < -0.3 is 15.4 Å². The van der Waals surface area contributed by atoms with Crippen LogP contribution in [-0.4, -0.2) is 18.6 Å². The molecule has 1 atom stereocenters. The van der Waals surface area contributed by atoms with Gasteiger partial charge in [-0.2, -0.15) is 0 Å². The number of rotatable bonds is 7. The Bertz CT molecular complexity index is 681. The quantitative estimate of drug-likeness (QED) is 0.786. The van der Waals surface area contributed by atoms with Crippen molar-refractivity contribution in [1.29, 1.82) is 0 Å². The highest BCUT2D eigenvalue weighted by Crippen LogP contribution is 2.18. The second kappa shape index (κ2) is 8.39. The molecule has 0 heterocycles. The van der Waals surface area contributed by atoms with Crippen molar-refractivity contribution in [3.63, 3.8) is 0 Å². The summed E-state index contributed by atoms with van der Waals surface area (Å²) in [5.41, 5.74) is 3.99. The molecule has 0 aliphatic carbocycles. The van der Waals surface area contributed by atoms with Crippen LogP contribution in [0.2, 0.25) is 0 Å². The number of hydrogen-bond donors (Lipinski definition) is 2. The topological polar surface area (TPSA) is 50.4 Å². The van der Waals surface area contributed by atoms with Gasteiger partial charge in [-0.15, -0.1) is 0 Å². The van der Waals surface area contributed by atoms with Crippen molar-refractivity contribution in [1.82, 2.24) is 0 Å². The third-order valence-electron chi connectivity index (χ3n) is 3.88. The minimum atomic E-state index is -0.0677. The number of carbonyl (C=O) groups excluding carboxylic acids is 1. The molecule has 0 bridgehead atoms. The molecule has 0 saturated carbocycles. The summed E-state index contributed by atoms with van der Waals surface area (Å²) in [5.74, 6) is 0.775. The second-order valence-corrected chi connectivity index (χ2v) is 6.08. The fourth-order valence-electron chi connectivity index (χ4n) is 2.30. The van der Waals surface area contributed by atoms with Gasteiger partial charge >= 0.3 is 0 Å². The van der Waals surface area contributed by atoms with E-state index in [-0.39, 0.29) is 18.6 Å². The van der Waals surface area contributed by atoms with Crippen molar-refractivity contribution in [2.24, 2.45) is 0 Å². The molecule has 0 aliphatic heterocycles. The Balaban J connectivity index is 1.85. The average molecular weight is 326 g/mol. The van der Waals surface area contributed by atoms with Crippen molar-refractivity contribution in [3.05, 3.63) is 53.6 Å². The van der Waals surface area contributed by atoms with Gasteiger partial charge in [-0.3, -0.25) is 4.79 Å². The summed E-state index contributed by atoms with van der Waals surface area (Å²) >= 11 is 0. The van der Waals surface area contributed by atoms with Crippen LogP contribution in [0.25, 0.3) is 0 Å². The van der Waals surface area contributed by atoms with Crippen LogP contribution >= 0.6 is 0 Å². The number of amides is 1. The van der Waals surface area contributed by atoms with Crippen LogP contribution in [0.15, 0.2) is 42.5 Å². The van der Waals surface area contributed by atoms with Crippen molar-refractivity contribution in [3.8, 4) is 5.75 Å². The Morgan fingerprint density at radius 1 is 1.12 bits per heavy atom. The van der Waals surface area contributed by atoms with E-state index in [1.54, 1.807) is 0 Å². The van der Waals surface area contributed by atoms with Crippen LogP contribution in [0.5, 0.6) is 5.75 Å². The lowest BCUT2D eigenvalue weighted by Gasteiger charge is -2.13. The molecule has 0 radical (unpaired) electrons. The molecule has 0 aromatic heterocycles. The Labute approximate surface area is 144 Å². The first-order valence-electron chi connectivity index (χ1n) is 8.35. The van der Waals surface area contributed by atoms with E-state index >= 15 is 0 Å². The first-order valence-corrected chi connectivity index (χ1v) is 8.35. The Morgan fingerprint density at radius 3 is 2.46 bits per heavy atom. The van der Waals surface area contributed by atoms with Gasteiger partial charge in [0, 0.05) is 11.4 Å². The van der Waals surface area contributed by atoms with Crippen LogP contribution in [-0.2, 0) is 4.79 Å². The molecule has 0 aliphatic rings. The summed E-state index contributed by atoms with van der Waals surface area (Å²) in [4.78, 5) is 12.1. The molecule has 2 aromatic carbocycles. The number of nitrogens with one attached hydrogen (secondary N) is 2. The zero-order chi connectivity index (χ0) is 17.5. The zero-order valence-corrected chi connectivity index (χ0v) is 14.8. The van der Waals surface area contributed by atoms with Gasteiger partial charge in [-0.25, -0.2) is 0 Å². The number of ether oxygens (including phenoxy) is 1. The van der Waals surface area contributed by atoms with Crippen LogP contribution < -0.4 is 15.4 Å². The van der Waals surface area contributed by atoms with Crippen LogP contribution in [0, 0.1) is 13.8 Å². The maximum Gasteiger partial charge on any atom is 0.243 e. The Morgan fingerprint density at radius 2 is 1.83 bits per heavy atom. The van der Waals surface area contributed by atoms with Gasteiger partial charge in [0.05, 0.1) is 12.6 Å². The Kier molecular flexibility index (Phi) is 6.24. The molecular weight excluding hydrogens is 300 g/mol. The molecule has 4 nitrogen and oxygen atoms in total. The number of anilines is 2. The molecule has 2 aromatic rings. The number of benzene rings is 2. The normalized spacial score (nSPS) is 11.7. The summed E-state index contributed by atoms with van der Waals surface area (Å²) in [5, 5.41) is 6.05. The van der Waals surface area contributed by atoms with E-state index < -0.39 is 0 Å². The number of aryl methyl sites for hydroxylation is 2. The summed E-state index contributed by atoms with van der Waals surface area (Å²) in [6.07, 6.45) is 1.17. The van der Waals surface area contributed by atoms with Gasteiger partial charge in [0.1, 0.15) is 5.75 Å². The summed E-state index contributed by atoms with van der Waals surface area (Å²) < 4.78 is 5.74. The predicted octanol–water partition coefficient (Wildman–Crippen LogP) is 4.53. The summed E-state index contributed by atoms with van der Waals surface area (Å²) in [6, 6.07) is 13.6. The first kappa shape index (κ1) is 17.9. The molecule has 24 heavy (non-hydrogen) atoms. The van der Waals surface area contributed by atoms with Crippen molar-refractivity contribution < 1.29 is 9.53 Å². The minimum Gasteiger partial charge on any atom is -0.491 e. The van der Waals surface area contributed by atoms with Crippen molar-refractivity contribution in [2.45, 2.75) is 40.2 Å². The number of carbonyl (C=O) groups is 1. The van der Waals surface area contributed by atoms with E-state index in [2.05, 4.69) is 23.6 Å². The molecule has 0 saturated heterocycles. The van der Waals surface area contributed by atoms with E-state index in [4.69, 9.17) is 4.74 Å².